The van der Waals surface area contributed by atoms with Crippen LogP contribution in [0.2, 0.25) is 5.02 Å². The van der Waals surface area contributed by atoms with E-state index in [1.165, 1.54) is 0 Å². The summed E-state index contributed by atoms with van der Waals surface area (Å²) in [5.41, 5.74) is 13.6. The molecule has 0 bridgehead atoms. The van der Waals surface area contributed by atoms with E-state index < -0.39 is 0 Å². The minimum Gasteiger partial charge on any atom is -0.330 e. The third kappa shape index (κ3) is 2.98. The van der Waals surface area contributed by atoms with Gasteiger partial charge in [0.15, 0.2) is 0 Å². The molecule has 1 aromatic rings. The quantitative estimate of drug-likeness (QED) is 0.805. The van der Waals surface area contributed by atoms with Crippen LogP contribution in [0.3, 0.4) is 0 Å². The lowest BCUT2D eigenvalue weighted by Crippen LogP contribution is -2.12. The van der Waals surface area contributed by atoms with Gasteiger partial charge < -0.3 is 11.5 Å². The fraction of sp³-hybridized carbons (Fsp3) is 0.455. The number of benzene rings is 1. The average Bonchev–Trinajstić information content (AvgIpc) is 2.18. The number of nitrogens with two attached hydrogens (primary N) is 2. The number of hydrogen-bond donors (Lipinski definition) is 2. The molecule has 0 aliphatic rings. The molecule has 0 heterocycles. The molecular weight excluding hydrogens is 196 g/mol. The number of hydrogen-bond acceptors (Lipinski definition) is 2. The Morgan fingerprint density at radius 3 is 2.71 bits per heavy atom. The van der Waals surface area contributed by atoms with Crippen LogP contribution in [-0.2, 0) is 0 Å². The molecule has 14 heavy (non-hydrogen) atoms. The Kier molecular flexibility index (Phi) is 4.39. The van der Waals surface area contributed by atoms with Crippen molar-refractivity contribution in [3.8, 4) is 0 Å². The van der Waals surface area contributed by atoms with Gasteiger partial charge in [-0.05, 0) is 43.5 Å². The van der Waals surface area contributed by atoms with Gasteiger partial charge in [-0.2, -0.15) is 0 Å². The zero-order valence-corrected chi connectivity index (χ0v) is 9.22. The molecule has 78 valence electrons. The molecule has 0 saturated carbocycles. The summed E-state index contributed by atoms with van der Waals surface area (Å²) >= 11 is 6.01. The normalized spacial score (nSPS) is 12.9. The van der Waals surface area contributed by atoms with Gasteiger partial charge in [-0.1, -0.05) is 23.7 Å². The topological polar surface area (TPSA) is 52.0 Å². The van der Waals surface area contributed by atoms with Crippen molar-refractivity contribution in [2.24, 2.45) is 11.5 Å². The van der Waals surface area contributed by atoms with E-state index in [0.29, 0.717) is 6.54 Å². The molecule has 0 unspecified atom stereocenters. The van der Waals surface area contributed by atoms with Crippen LogP contribution >= 0.6 is 11.6 Å². The van der Waals surface area contributed by atoms with E-state index in [-0.39, 0.29) is 6.04 Å². The van der Waals surface area contributed by atoms with Crippen LogP contribution in [0.25, 0.3) is 0 Å². The molecule has 0 aliphatic heterocycles. The van der Waals surface area contributed by atoms with Gasteiger partial charge in [0, 0.05) is 11.1 Å². The molecule has 0 aromatic heterocycles. The molecule has 0 aliphatic carbocycles. The number of rotatable bonds is 4. The first-order valence-electron chi connectivity index (χ1n) is 4.87. The van der Waals surface area contributed by atoms with Crippen LogP contribution in [0.5, 0.6) is 0 Å². The highest BCUT2D eigenvalue weighted by Crippen LogP contribution is 2.22. The van der Waals surface area contributed by atoms with Crippen molar-refractivity contribution >= 4 is 11.6 Å². The molecule has 1 atom stereocenters. The fourth-order valence-corrected chi connectivity index (χ4v) is 1.53. The van der Waals surface area contributed by atoms with Crippen molar-refractivity contribution in [2.75, 3.05) is 6.54 Å². The van der Waals surface area contributed by atoms with Crippen molar-refractivity contribution in [3.63, 3.8) is 0 Å². The summed E-state index contributed by atoms with van der Waals surface area (Å²) in [6, 6.07) is 6.03. The molecule has 0 radical (unpaired) electrons. The van der Waals surface area contributed by atoms with E-state index >= 15 is 0 Å². The summed E-state index contributed by atoms with van der Waals surface area (Å²) in [5.74, 6) is 0. The molecular formula is C11H17ClN2. The van der Waals surface area contributed by atoms with Crippen molar-refractivity contribution in [1.29, 1.82) is 0 Å². The Labute approximate surface area is 90.2 Å². The molecule has 1 rings (SSSR count). The van der Waals surface area contributed by atoms with Crippen molar-refractivity contribution < 1.29 is 0 Å². The third-order valence-electron chi connectivity index (χ3n) is 2.34. The first-order chi connectivity index (χ1) is 6.65. The summed E-state index contributed by atoms with van der Waals surface area (Å²) in [7, 11) is 0. The summed E-state index contributed by atoms with van der Waals surface area (Å²) in [6.45, 7) is 2.67. The van der Waals surface area contributed by atoms with Crippen LogP contribution < -0.4 is 11.5 Å². The Balaban J connectivity index is 2.70. The predicted octanol–water partition coefficient (Wildman–Crippen LogP) is 2.39. The lowest BCUT2D eigenvalue weighted by atomic mass is 10.0. The summed E-state index contributed by atoms with van der Waals surface area (Å²) < 4.78 is 0. The van der Waals surface area contributed by atoms with Crippen LogP contribution in [0.1, 0.15) is 30.0 Å². The predicted molar refractivity (Wildman–Crippen MR) is 61.4 cm³/mol. The second-order valence-electron chi connectivity index (χ2n) is 3.55. The zero-order chi connectivity index (χ0) is 10.6. The summed E-state index contributed by atoms with van der Waals surface area (Å²) in [6.07, 6.45) is 1.86. The maximum atomic E-state index is 6.01. The van der Waals surface area contributed by atoms with Crippen molar-refractivity contribution in [3.05, 3.63) is 34.3 Å². The number of aryl methyl sites for hydroxylation is 1. The second kappa shape index (κ2) is 5.35. The van der Waals surface area contributed by atoms with Gasteiger partial charge in [0.05, 0.1) is 0 Å². The van der Waals surface area contributed by atoms with E-state index in [2.05, 4.69) is 0 Å². The first kappa shape index (κ1) is 11.5. The third-order valence-corrected chi connectivity index (χ3v) is 2.75. The summed E-state index contributed by atoms with van der Waals surface area (Å²) in [4.78, 5) is 0. The smallest absolute Gasteiger partial charge is 0.0438 e. The van der Waals surface area contributed by atoms with Crippen molar-refractivity contribution in [1.82, 2.24) is 0 Å². The van der Waals surface area contributed by atoms with E-state index in [0.717, 1.165) is 29.0 Å². The molecule has 4 N–H and O–H groups in total. The number of halogens is 1. The Morgan fingerprint density at radius 1 is 1.43 bits per heavy atom. The fourth-order valence-electron chi connectivity index (χ4n) is 1.34. The maximum Gasteiger partial charge on any atom is 0.0438 e. The maximum absolute atomic E-state index is 6.01. The van der Waals surface area contributed by atoms with Crippen LogP contribution in [0.4, 0.5) is 0 Å². The van der Waals surface area contributed by atoms with Gasteiger partial charge >= 0.3 is 0 Å². The van der Waals surface area contributed by atoms with Crippen LogP contribution in [-0.4, -0.2) is 6.54 Å². The highest BCUT2D eigenvalue weighted by molar-refractivity contribution is 6.31. The molecule has 0 fully saturated rings. The Hall–Kier alpha value is -0.570. The van der Waals surface area contributed by atoms with Crippen LogP contribution in [0, 0.1) is 6.92 Å². The molecule has 2 nitrogen and oxygen atoms in total. The lowest BCUT2D eigenvalue weighted by Gasteiger charge is -2.12. The van der Waals surface area contributed by atoms with Crippen molar-refractivity contribution in [2.45, 2.75) is 25.8 Å². The van der Waals surface area contributed by atoms with E-state index in [9.17, 15) is 0 Å². The van der Waals surface area contributed by atoms with Gasteiger partial charge in [0.1, 0.15) is 0 Å². The SMILES string of the molecule is Cc1ccc([C@H](N)CCCN)cc1Cl. The zero-order valence-electron chi connectivity index (χ0n) is 8.46. The van der Waals surface area contributed by atoms with E-state index in [1.54, 1.807) is 0 Å². The Bertz CT molecular complexity index is 299. The minimum atomic E-state index is 0.0525. The molecule has 3 heteroatoms. The largest absolute Gasteiger partial charge is 0.330 e. The van der Waals surface area contributed by atoms with Gasteiger partial charge in [-0.15, -0.1) is 0 Å². The molecule has 0 saturated heterocycles. The average molecular weight is 213 g/mol. The molecule has 0 amide bonds. The minimum absolute atomic E-state index is 0.0525. The summed E-state index contributed by atoms with van der Waals surface area (Å²) in [5, 5.41) is 0.783. The molecule has 1 aromatic carbocycles. The second-order valence-corrected chi connectivity index (χ2v) is 3.95. The van der Waals surface area contributed by atoms with Gasteiger partial charge in [-0.25, -0.2) is 0 Å². The highest BCUT2D eigenvalue weighted by Gasteiger charge is 2.06. The lowest BCUT2D eigenvalue weighted by molar-refractivity contribution is 0.618. The molecule has 0 spiro atoms. The first-order valence-corrected chi connectivity index (χ1v) is 5.24. The van der Waals surface area contributed by atoms with E-state index in [1.807, 2.05) is 25.1 Å². The highest BCUT2D eigenvalue weighted by atomic mass is 35.5. The monoisotopic (exact) mass is 212 g/mol. The van der Waals surface area contributed by atoms with Gasteiger partial charge in [-0.3, -0.25) is 0 Å². The standard InChI is InChI=1S/C11H17ClN2/c1-8-4-5-9(7-10(8)12)11(14)3-2-6-13/h4-5,7,11H,2-3,6,13-14H2,1H3/t11-/m1/s1. The Morgan fingerprint density at radius 2 is 2.14 bits per heavy atom. The van der Waals surface area contributed by atoms with E-state index in [4.69, 9.17) is 23.1 Å². The van der Waals surface area contributed by atoms with Gasteiger partial charge in [0.2, 0.25) is 0 Å². The van der Waals surface area contributed by atoms with Gasteiger partial charge in [0.25, 0.3) is 0 Å². The van der Waals surface area contributed by atoms with Crippen LogP contribution in [0.15, 0.2) is 18.2 Å².